The van der Waals surface area contributed by atoms with E-state index in [1.165, 1.54) is 16.7 Å². The smallest absolute Gasteiger partial charge is 0.264 e. The van der Waals surface area contributed by atoms with Crippen LogP contribution in [0.25, 0.3) is 0 Å². The van der Waals surface area contributed by atoms with Gasteiger partial charge in [0.25, 0.3) is 5.91 Å². The van der Waals surface area contributed by atoms with Gasteiger partial charge in [0.05, 0.1) is 24.2 Å². The molecule has 7 rings (SSSR count). The Hall–Kier alpha value is -2.55. The molecule has 1 amide bonds. The third-order valence-electron chi connectivity index (χ3n) is 9.81. The Balaban J connectivity index is 1.45. The fourth-order valence-electron chi connectivity index (χ4n) is 7.19. The Bertz CT molecular complexity index is 1500. The van der Waals surface area contributed by atoms with Crippen LogP contribution >= 0.6 is 11.6 Å². The number of amides is 1. The number of benzene rings is 2. The summed E-state index contributed by atoms with van der Waals surface area (Å²) in [5, 5.41) is 0.727. The quantitative estimate of drug-likeness (QED) is 0.389. The summed E-state index contributed by atoms with van der Waals surface area (Å²) in [6.45, 7) is 5.89. The third-order valence-corrected chi connectivity index (χ3v) is 11.7. The van der Waals surface area contributed by atoms with Crippen LogP contribution in [0.1, 0.15) is 67.4 Å². The van der Waals surface area contributed by atoms with E-state index in [0.717, 1.165) is 55.8 Å². The number of carbonyl (C=O) groups is 1. The number of sulfonamides is 1. The molecule has 3 heterocycles. The van der Waals surface area contributed by atoms with Gasteiger partial charge in [0.15, 0.2) is 0 Å². The Morgan fingerprint density at radius 1 is 1.10 bits per heavy atom. The summed E-state index contributed by atoms with van der Waals surface area (Å²) >= 11 is 6.42. The highest BCUT2D eigenvalue weighted by molar-refractivity contribution is 7.90. The van der Waals surface area contributed by atoms with Crippen molar-refractivity contribution in [3.63, 3.8) is 0 Å². The number of hydrogen-bond acceptors (Lipinski definition) is 6. The zero-order valence-electron chi connectivity index (χ0n) is 24.7. The average molecular weight is 613 g/mol. The van der Waals surface area contributed by atoms with Crippen LogP contribution in [0.2, 0.25) is 5.02 Å². The van der Waals surface area contributed by atoms with E-state index in [1.54, 1.807) is 19.2 Å². The molecule has 2 aliphatic carbocycles. The Labute approximate surface area is 254 Å². The molecule has 226 valence electrons. The van der Waals surface area contributed by atoms with Crippen molar-refractivity contribution in [3.05, 3.63) is 69.8 Å². The van der Waals surface area contributed by atoms with E-state index in [0.29, 0.717) is 36.3 Å². The molecular formula is C33H41ClN2O5S. The van der Waals surface area contributed by atoms with Crippen molar-refractivity contribution < 1.29 is 22.7 Å². The molecule has 7 nitrogen and oxygen atoms in total. The van der Waals surface area contributed by atoms with Gasteiger partial charge in [0, 0.05) is 30.8 Å². The largest absolute Gasteiger partial charge is 0.491 e. The SMILES string of the molecule is CO[C@@H]1C2=CC(C2)C(C)(C)CS(=O)(=O)NC(=O)c2ccc3c(c2)N(Cc2ccc(Cl)cc2CCCCO3)C[C@@H]2CC[C@H]21. The van der Waals surface area contributed by atoms with Crippen molar-refractivity contribution in [2.24, 2.45) is 23.2 Å². The van der Waals surface area contributed by atoms with Gasteiger partial charge in [0.1, 0.15) is 5.75 Å². The van der Waals surface area contributed by atoms with Crippen molar-refractivity contribution in [3.8, 4) is 5.75 Å². The molecule has 0 saturated heterocycles. The number of allylic oxidation sites excluding steroid dienone is 1. The zero-order chi connectivity index (χ0) is 29.6. The van der Waals surface area contributed by atoms with Crippen LogP contribution in [-0.2, 0) is 27.7 Å². The van der Waals surface area contributed by atoms with E-state index in [9.17, 15) is 13.2 Å². The normalized spacial score (nSPS) is 28.7. The zero-order valence-corrected chi connectivity index (χ0v) is 26.3. The maximum absolute atomic E-state index is 13.4. The van der Waals surface area contributed by atoms with Crippen LogP contribution in [0.15, 0.2) is 48.0 Å². The Morgan fingerprint density at radius 3 is 2.64 bits per heavy atom. The van der Waals surface area contributed by atoms with E-state index < -0.39 is 21.3 Å². The highest BCUT2D eigenvalue weighted by Crippen LogP contribution is 2.49. The lowest BCUT2D eigenvalue weighted by Gasteiger charge is -2.48. The third kappa shape index (κ3) is 5.95. The molecule has 0 spiro atoms. The number of rotatable bonds is 1. The van der Waals surface area contributed by atoms with Crippen LogP contribution in [0.3, 0.4) is 0 Å². The number of aryl methyl sites for hydroxylation is 1. The second kappa shape index (κ2) is 11.5. The predicted octanol–water partition coefficient (Wildman–Crippen LogP) is 6.15. The molecule has 0 aromatic heterocycles. The van der Waals surface area contributed by atoms with Gasteiger partial charge in [0.2, 0.25) is 10.0 Å². The highest BCUT2D eigenvalue weighted by Gasteiger charge is 2.45. The molecule has 2 aromatic rings. The Morgan fingerprint density at radius 2 is 1.90 bits per heavy atom. The van der Waals surface area contributed by atoms with Crippen LogP contribution in [0.4, 0.5) is 5.69 Å². The topological polar surface area (TPSA) is 84.9 Å². The van der Waals surface area contributed by atoms with Crippen molar-refractivity contribution in [1.29, 1.82) is 0 Å². The maximum Gasteiger partial charge on any atom is 0.264 e. The summed E-state index contributed by atoms with van der Waals surface area (Å²) in [4.78, 5) is 15.7. The molecule has 9 heteroatoms. The number of methoxy groups -OCH3 is 1. The minimum Gasteiger partial charge on any atom is -0.491 e. The Kier molecular flexibility index (Phi) is 8.09. The van der Waals surface area contributed by atoms with Crippen LogP contribution in [-0.4, -0.2) is 46.4 Å². The number of ether oxygens (including phenoxy) is 2. The molecule has 5 aliphatic rings. The fourth-order valence-corrected chi connectivity index (χ4v) is 9.05. The number of nitrogens with one attached hydrogen (secondary N) is 1. The van der Waals surface area contributed by atoms with Crippen LogP contribution < -0.4 is 14.4 Å². The second-order valence-electron chi connectivity index (χ2n) is 13.2. The monoisotopic (exact) mass is 612 g/mol. The number of anilines is 1. The molecule has 2 aromatic carbocycles. The van der Waals surface area contributed by atoms with E-state index in [1.807, 2.05) is 26.0 Å². The summed E-state index contributed by atoms with van der Waals surface area (Å²) < 4.78 is 41.2. The summed E-state index contributed by atoms with van der Waals surface area (Å²) in [7, 11) is -2.08. The first-order valence-corrected chi connectivity index (χ1v) is 17.1. The molecule has 1 N–H and O–H groups in total. The van der Waals surface area contributed by atoms with Gasteiger partial charge in [-0.1, -0.05) is 37.6 Å². The molecular weight excluding hydrogens is 572 g/mol. The molecule has 1 unspecified atom stereocenters. The van der Waals surface area contributed by atoms with Gasteiger partial charge in [-0.25, -0.2) is 13.1 Å². The molecule has 4 atom stereocenters. The number of nitrogens with zero attached hydrogens (tertiary/aromatic N) is 1. The summed E-state index contributed by atoms with van der Waals surface area (Å²) in [6.07, 6.45) is 8.03. The number of fused-ring (bicyclic) bond motifs is 5. The lowest BCUT2D eigenvalue weighted by atomic mass is 9.62. The molecule has 1 saturated carbocycles. The van der Waals surface area contributed by atoms with Crippen LogP contribution in [0.5, 0.6) is 5.75 Å². The van der Waals surface area contributed by atoms with E-state index in [2.05, 4.69) is 27.8 Å². The van der Waals surface area contributed by atoms with E-state index >= 15 is 0 Å². The van der Waals surface area contributed by atoms with Crippen molar-refractivity contribution >= 4 is 33.2 Å². The average Bonchev–Trinajstić information content (AvgIpc) is 2.90. The van der Waals surface area contributed by atoms with Gasteiger partial charge in [-0.15, -0.1) is 0 Å². The van der Waals surface area contributed by atoms with Gasteiger partial charge in [-0.2, -0.15) is 0 Å². The van der Waals surface area contributed by atoms with Crippen molar-refractivity contribution in [1.82, 2.24) is 4.72 Å². The molecule has 4 bridgehead atoms. The second-order valence-corrected chi connectivity index (χ2v) is 15.3. The summed E-state index contributed by atoms with van der Waals surface area (Å²) in [6, 6.07) is 11.4. The van der Waals surface area contributed by atoms with Gasteiger partial charge >= 0.3 is 0 Å². The first-order valence-electron chi connectivity index (χ1n) is 15.1. The maximum atomic E-state index is 13.4. The highest BCUT2D eigenvalue weighted by atomic mass is 35.5. The van der Waals surface area contributed by atoms with Gasteiger partial charge in [-0.05, 0) is 109 Å². The van der Waals surface area contributed by atoms with Crippen molar-refractivity contribution in [2.45, 2.75) is 65.0 Å². The predicted molar refractivity (Wildman–Crippen MR) is 166 cm³/mol. The van der Waals surface area contributed by atoms with Crippen LogP contribution in [0, 0.1) is 23.2 Å². The lowest BCUT2D eigenvalue weighted by molar-refractivity contribution is -0.00171. The van der Waals surface area contributed by atoms with Gasteiger partial charge in [-0.3, -0.25) is 4.79 Å². The fraction of sp³-hybridized carbons (Fsp3) is 0.545. The first-order chi connectivity index (χ1) is 20.0. The first kappa shape index (κ1) is 29.5. The molecule has 1 fully saturated rings. The number of hydrogen-bond donors (Lipinski definition) is 1. The number of halogens is 1. The number of carbonyl (C=O) groups excluding carboxylic acids is 1. The van der Waals surface area contributed by atoms with E-state index in [4.69, 9.17) is 21.1 Å². The summed E-state index contributed by atoms with van der Waals surface area (Å²) in [5.74, 6) is 0.845. The summed E-state index contributed by atoms with van der Waals surface area (Å²) in [5.41, 5.74) is 4.27. The van der Waals surface area contributed by atoms with E-state index in [-0.39, 0.29) is 17.8 Å². The molecule has 42 heavy (non-hydrogen) atoms. The minimum absolute atomic E-state index is 0.0251. The minimum atomic E-state index is -3.88. The van der Waals surface area contributed by atoms with Gasteiger partial charge < -0.3 is 14.4 Å². The lowest BCUT2D eigenvalue weighted by Crippen LogP contribution is -2.47. The molecule has 3 aliphatic heterocycles. The molecule has 0 radical (unpaired) electrons. The standard InChI is InChI=1S/C33H41ClN2O5S/c1-33(2)20-42(38,39)35-32(37)22-9-12-30-29(17-22)36(18-23-7-10-27(34)16-21(23)6-4-5-13-41-30)19-24-8-11-28(24)31(40-3)25-14-26(33)15-25/h7,9-10,12,14,16-17,24,26,28,31H,4-6,8,11,13,15,18-20H2,1-3H3,(H,35,37)/t24-,26?,28+,31+/m0/s1. The van der Waals surface area contributed by atoms with Crippen molar-refractivity contribution in [2.75, 3.05) is 30.9 Å².